The summed E-state index contributed by atoms with van der Waals surface area (Å²) in [5.41, 5.74) is 4.91. The smallest absolute Gasteiger partial charge is 0.217 e. The van der Waals surface area contributed by atoms with E-state index in [-0.39, 0.29) is 18.6 Å². The lowest BCUT2D eigenvalue weighted by Crippen LogP contribution is -2.14. The summed E-state index contributed by atoms with van der Waals surface area (Å²) in [6.45, 7) is 0. The third-order valence-corrected chi connectivity index (χ3v) is 1.67. The molecule has 0 aliphatic heterocycles. The fourth-order valence-electron chi connectivity index (χ4n) is 0.983. The Morgan fingerprint density at radius 3 is 2.69 bits per heavy atom. The predicted molar refractivity (Wildman–Crippen MR) is 46.0 cm³/mol. The van der Waals surface area contributed by atoms with Gasteiger partial charge in [0.25, 0.3) is 0 Å². The molecule has 0 atom stereocenters. The Labute approximate surface area is 75.6 Å². The van der Waals surface area contributed by atoms with Crippen molar-refractivity contribution in [1.82, 2.24) is 9.55 Å². The van der Waals surface area contributed by atoms with Gasteiger partial charge in [0.05, 0.1) is 0 Å². The number of hydrogen-bond acceptors (Lipinski definition) is 3. The lowest BCUT2D eigenvalue weighted by Gasteiger charge is -1.98. The van der Waals surface area contributed by atoms with Gasteiger partial charge in [-0.25, -0.2) is 4.98 Å². The summed E-state index contributed by atoms with van der Waals surface area (Å²) in [6.07, 6.45) is 3.42. The number of aromatic nitrogens is 2. The normalized spacial score (nSPS) is 9.92. The number of Topliss-reactive ketones (excluding diaryl/α,β-unsaturated/α-hetero) is 1. The molecule has 1 rings (SSSR count). The van der Waals surface area contributed by atoms with Crippen molar-refractivity contribution in [3.05, 3.63) is 18.2 Å². The van der Waals surface area contributed by atoms with E-state index >= 15 is 0 Å². The summed E-state index contributed by atoms with van der Waals surface area (Å²) < 4.78 is 1.61. The van der Waals surface area contributed by atoms with Gasteiger partial charge in [0.15, 0.2) is 11.6 Å². The van der Waals surface area contributed by atoms with Crippen LogP contribution in [0.15, 0.2) is 12.4 Å². The van der Waals surface area contributed by atoms with E-state index < -0.39 is 5.91 Å². The second-order valence-electron chi connectivity index (χ2n) is 2.75. The number of carbonyl (C=O) groups is 2. The Bertz CT molecular complexity index is 330. The molecule has 0 radical (unpaired) electrons. The van der Waals surface area contributed by atoms with Crippen molar-refractivity contribution in [2.45, 2.75) is 12.8 Å². The largest absolute Gasteiger partial charge is 0.370 e. The molecule has 0 saturated carbocycles. The number of rotatable bonds is 4. The molecule has 5 nitrogen and oxygen atoms in total. The molecule has 13 heavy (non-hydrogen) atoms. The Hall–Kier alpha value is -1.65. The molecule has 0 unspecified atom stereocenters. The van der Waals surface area contributed by atoms with Crippen molar-refractivity contribution in [2.75, 3.05) is 0 Å². The van der Waals surface area contributed by atoms with Crippen molar-refractivity contribution in [3.8, 4) is 0 Å². The van der Waals surface area contributed by atoms with Gasteiger partial charge in [-0.05, 0) is 0 Å². The maximum Gasteiger partial charge on any atom is 0.217 e. The van der Waals surface area contributed by atoms with E-state index in [0.717, 1.165) is 0 Å². The van der Waals surface area contributed by atoms with Crippen LogP contribution < -0.4 is 5.73 Å². The first-order valence-corrected chi connectivity index (χ1v) is 3.90. The third-order valence-electron chi connectivity index (χ3n) is 1.67. The maximum atomic E-state index is 11.3. The molecule has 0 fully saturated rings. The standard InChI is InChI=1S/C8H11N3O2/c1-11-5-4-10-8(11)6(12)2-3-7(9)13/h4-5H,2-3H2,1H3,(H2,9,13). The molecular weight excluding hydrogens is 170 g/mol. The summed E-state index contributed by atoms with van der Waals surface area (Å²) in [4.78, 5) is 25.6. The fraction of sp³-hybridized carbons (Fsp3) is 0.375. The van der Waals surface area contributed by atoms with Crippen LogP contribution in [0.5, 0.6) is 0 Å². The molecule has 0 spiro atoms. The number of aryl methyl sites for hydroxylation is 1. The van der Waals surface area contributed by atoms with E-state index in [1.807, 2.05) is 0 Å². The summed E-state index contributed by atoms with van der Waals surface area (Å²) in [5, 5.41) is 0. The fourth-order valence-corrected chi connectivity index (χ4v) is 0.983. The number of nitrogens with zero attached hydrogens (tertiary/aromatic N) is 2. The highest BCUT2D eigenvalue weighted by Crippen LogP contribution is 2.01. The average molecular weight is 181 g/mol. The van der Waals surface area contributed by atoms with Crippen LogP contribution in [0.4, 0.5) is 0 Å². The minimum Gasteiger partial charge on any atom is -0.370 e. The number of amides is 1. The Morgan fingerprint density at radius 1 is 1.54 bits per heavy atom. The summed E-state index contributed by atoms with van der Waals surface area (Å²) in [6, 6.07) is 0. The summed E-state index contributed by atoms with van der Waals surface area (Å²) >= 11 is 0. The van der Waals surface area contributed by atoms with Crippen molar-refractivity contribution in [3.63, 3.8) is 0 Å². The zero-order chi connectivity index (χ0) is 9.84. The van der Waals surface area contributed by atoms with Crippen molar-refractivity contribution in [2.24, 2.45) is 12.8 Å². The maximum absolute atomic E-state index is 11.3. The SMILES string of the molecule is Cn1ccnc1C(=O)CCC(N)=O. The van der Waals surface area contributed by atoms with Crippen LogP contribution in [-0.2, 0) is 11.8 Å². The minimum atomic E-state index is -0.470. The number of nitrogens with two attached hydrogens (primary N) is 1. The number of ketones is 1. The van der Waals surface area contributed by atoms with E-state index in [2.05, 4.69) is 4.98 Å². The van der Waals surface area contributed by atoms with E-state index in [4.69, 9.17) is 5.73 Å². The second-order valence-corrected chi connectivity index (χ2v) is 2.75. The molecule has 0 bridgehead atoms. The van der Waals surface area contributed by atoms with Gasteiger partial charge in [-0.3, -0.25) is 9.59 Å². The van der Waals surface area contributed by atoms with Gasteiger partial charge in [-0.2, -0.15) is 0 Å². The Morgan fingerprint density at radius 2 is 2.23 bits per heavy atom. The molecule has 1 aromatic heterocycles. The lowest BCUT2D eigenvalue weighted by atomic mass is 10.2. The number of imidazole rings is 1. The molecule has 1 heterocycles. The molecule has 2 N–H and O–H groups in total. The monoisotopic (exact) mass is 181 g/mol. The Kier molecular flexibility index (Phi) is 2.79. The van der Waals surface area contributed by atoms with E-state index in [0.29, 0.717) is 5.82 Å². The molecule has 0 aliphatic carbocycles. The number of carbonyl (C=O) groups excluding carboxylic acids is 2. The highest BCUT2D eigenvalue weighted by molar-refractivity contribution is 5.94. The zero-order valence-corrected chi connectivity index (χ0v) is 7.36. The number of primary amides is 1. The number of hydrogen-bond donors (Lipinski definition) is 1. The minimum absolute atomic E-state index is 0.0751. The molecule has 0 aliphatic rings. The van der Waals surface area contributed by atoms with Crippen LogP contribution in [0.2, 0.25) is 0 Å². The highest BCUT2D eigenvalue weighted by Gasteiger charge is 2.11. The topological polar surface area (TPSA) is 78.0 Å². The van der Waals surface area contributed by atoms with Crippen LogP contribution in [-0.4, -0.2) is 21.2 Å². The molecule has 0 saturated heterocycles. The van der Waals surface area contributed by atoms with E-state index in [1.165, 1.54) is 6.20 Å². The van der Waals surface area contributed by atoms with Gasteiger partial charge >= 0.3 is 0 Å². The van der Waals surface area contributed by atoms with Crippen molar-refractivity contribution < 1.29 is 9.59 Å². The van der Waals surface area contributed by atoms with Gasteiger partial charge in [0, 0.05) is 32.3 Å². The first-order valence-electron chi connectivity index (χ1n) is 3.90. The summed E-state index contributed by atoms with van der Waals surface area (Å²) in [7, 11) is 1.73. The molecular formula is C8H11N3O2. The highest BCUT2D eigenvalue weighted by atomic mass is 16.1. The molecule has 0 aromatic carbocycles. The van der Waals surface area contributed by atoms with Crippen molar-refractivity contribution in [1.29, 1.82) is 0 Å². The van der Waals surface area contributed by atoms with Crippen LogP contribution in [0.1, 0.15) is 23.5 Å². The first kappa shape index (κ1) is 9.44. The van der Waals surface area contributed by atoms with Crippen LogP contribution >= 0.6 is 0 Å². The van der Waals surface area contributed by atoms with Gasteiger partial charge in [0.2, 0.25) is 5.91 Å². The van der Waals surface area contributed by atoms with Gasteiger partial charge in [-0.15, -0.1) is 0 Å². The molecule has 5 heteroatoms. The lowest BCUT2D eigenvalue weighted by molar-refractivity contribution is -0.118. The van der Waals surface area contributed by atoms with Crippen LogP contribution in [0.3, 0.4) is 0 Å². The second kappa shape index (κ2) is 3.84. The quantitative estimate of drug-likeness (QED) is 0.657. The zero-order valence-electron chi connectivity index (χ0n) is 7.36. The van der Waals surface area contributed by atoms with Gasteiger partial charge in [-0.1, -0.05) is 0 Å². The predicted octanol–water partition coefficient (Wildman–Crippen LogP) is -0.132. The van der Waals surface area contributed by atoms with Gasteiger partial charge in [0.1, 0.15) is 0 Å². The van der Waals surface area contributed by atoms with Gasteiger partial charge < -0.3 is 10.3 Å². The molecule has 1 amide bonds. The third kappa shape index (κ3) is 2.40. The average Bonchev–Trinajstić information content (AvgIpc) is 2.47. The van der Waals surface area contributed by atoms with Crippen LogP contribution in [0, 0.1) is 0 Å². The Balaban J connectivity index is 2.59. The van der Waals surface area contributed by atoms with Crippen LogP contribution in [0.25, 0.3) is 0 Å². The van der Waals surface area contributed by atoms with Crippen molar-refractivity contribution >= 4 is 11.7 Å². The molecule has 70 valence electrons. The van der Waals surface area contributed by atoms with E-state index in [9.17, 15) is 9.59 Å². The first-order chi connectivity index (χ1) is 6.11. The summed E-state index contributed by atoms with van der Waals surface area (Å²) in [5.74, 6) is -0.268. The molecule has 1 aromatic rings. The van der Waals surface area contributed by atoms with E-state index in [1.54, 1.807) is 17.8 Å².